The number of hydrogen-bond donors (Lipinski definition) is 2. The standard InChI is InChI=1S/C4H9F2NO.C2HF3O2/c1-3(2-7)8-4(5)6;3-2(4,5)1(6)7/h3-4H,2,7H2,1H3;(H,6,7)/t3-;/m1./s1. The van der Waals surface area contributed by atoms with Crippen LogP contribution in [0, 0.1) is 0 Å². The van der Waals surface area contributed by atoms with Crippen molar-refractivity contribution in [2.75, 3.05) is 6.54 Å². The van der Waals surface area contributed by atoms with Gasteiger partial charge >= 0.3 is 18.8 Å². The Morgan fingerprint density at radius 3 is 1.87 bits per heavy atom. The average Bonchev–Trinajstić information content (AvgIpc) is 2.02. The van der Waals surface area contributed by atoms with Crippen molar-refractivity contribution in [1.29, 1.82) is 0 Å². The zero-order chi connectivity index (χ0) is 12.6. The number of aliphatic carboxylic acids is 1. The maximum atomic E-state index is 11.2. The third-order valence-electron chi connectivity index (χ3n) is 0.910. The van der Waals surface area contributed by atoms with E-state index in [1.807, 2.05) is 0 Å². The summed E-state index contributed by atoms with van der Waals surface area (Å²) in [7, 11) is 0. The minimum atomic E-state index is -5.08. The van der Waals surface area contributed by atoms with Crippen LogP contribution in [-0.2, 0) is 9.53 Å². The van der Waals surface area contributed by atoms with E-state index in [0.717, 1.165) is 0 Å². The van der Waals surface area contributed by atoms with Gasteiger partial charge in [0.25, 0.3) is 0 Å². The van der Waals surface area contributed by atoms with Gasteiger partial charge in [0.1, 0.15) is 0 Å². The summed E-state index contributed by atoms with van der Waals surface area (Å²) in [6.45, 7) is -1.08. The fourth-order valence-corrected chi connectivity index (χ4v) is 0.231. The van der Waals surface area contributed by atoms with Gasteiger partial charge < -0.3 is 15.6 Å². The van der Waals surface area contributed by atoms with Crippen LogP contribution in [-0.4, -0.2) is 36.5 Å². The Morgan fingerprint density at radius 2 is 1.80 bits per heavy atom. The topological polar surface area (TPSA) is 72.5 Å². The maximum Gasteiger partial charge on any atom is 0.490 e. The van der Waals surface area contributed by atoms with E-state index in [1.54, 1.807) is 0 Å². The van der Waals surface area contributed by atoms with E-state index in [4.69, 9.17) is 15.6 Å². The zero-order valence-corrected chi connectivity index (χ0v) is 7.59. The van der Waals surface area contributed by atoms with Crippen LogP contribution >= 0.6 is 0 Å². The molecule has 0 aromatic carbocycles. The van der Waals surface area contributed by atoms with E-state index in [1.165, 1.54) is 6.92 Å². The van der Waals surface area contributed by atoms with Crippen molar-refractivity contribution in [2.24, 2.45) is 5.73 Å². The first-order chi connectivity index (χ1) is 6.61. The number of carboxylic acids is 1. The summed E-state index contributed by atoms with van der Waals surface area (Å²) in [6.07, 6.45) is -5.63. The lowest BCUT2D eigenvalue weighted by atomic mass is 10.4. The Labute approximate surface area is 81.8 Å². The largest absolute Gasteiger partial charge is 0.490 e. The fraction of sp³-hybridized carbons (Fsp3) is 0.833. The van der Waals surface area contributed by atoms with Crippen molar-refractivity contribution in [3.8, 4) is 0 Å². The van der Waals surface area contributed by atoms with Crippen LogP contribution in [0.1, 0.15) is 6.92 Å². The van der Waals surface area contributed by atoms with E-state index in [2.05, 4.69) is 4.74 Å². The number of alkyl halides is 5. The predicted octanol–water partition coefficient (Wildman–Crippen LogP) is 1.21. The first-order valence-corrected chi connectivity index (χ1v) is 3.55. The third-order valence-corrected chi connectivity index (χ3v) is 0.910. The summed E-state index contributed by atoms with van der Waals surface area (Å²) in [5.74, 6) is -2.76. The number of rotatable bonds is 3. The van der Waals surface area contributed by atoms with Crippen LogP contribution in [0.25, 0.3) is 0 Å². The smallest absolute Gasteiger partial charge is 0.475 e. The van der Waals surface area contributed by atoms with E-state index in [-0.39, 0.29) is 6.54 Å². The van der Waals surface area contributed by atoms with Crippen LogP contribution in [0.5, 0.6) is 0 Å². The molecule has 15 heavy (non-hydrogen) atoms. The molecule has 0 heterocycles. The number of nitrogens with two attached hydrogens (primary N) is 1. The number of halogens is 5. The maximum absolute atomic E-state index is 11.2. The van der Waals surface area contributed by atoms with Gasteiger partial charge in [0, 0.05) is 6.54 Å². The highest BCUT2D eigenvalue weighted by Crippen LogP contribution is 2.13. The summed E-state index contributed by atoms with van der Waals surface area (Å²) in [6, 6.07) is 0. The first kappa shape index (κ1) is 16.5. The summed E-state index contributed by atoms with van der Waals surface area (Å²) >= 11 is 0. The summed E-state index contributed by atoms with van der Waals surface area (Å²) in [5.41, 5.74) is 4.96. The molecule has 0 unspecified atom stereocenters. The second-order valence-corrected chi connectivity index (χ2v) is 2.25. The van der Waals surface area contributed by atoms with Crippen molar-refractivity contribution >= 4 is 5.97 Å². The number of ether oxygens (including phenoxy) is 1. The SMILES string of the molecule is C[C@H](CN)OC(F)F.O=C(O)C(F)(F)F. The van der Waals surface area contributed by atoms with Gasteiger partial charge in [0.15, 0.2) is 0 Å². The minimum absolute atomic E-state index is 0.129. The number of carbonyl (C=O) groups is 1. The zero-order valence-electron chi connectivity index (χ0n) is 7.59. The average molecular weight is 239 g/mol. The van der Waals surface area contributed by atoms with Gasteiger partial charge in [0.05, 0.1) is 6.10 Å². The minimum Gasteiger partial charge on any atom is -0.475 e. The van der Waals surface area contributed by atoms with Gasteiger partial charge in [-0.05, 0) is 6.92 Å². The van der Waals surface area contributed by atoms with Crippen LogP contribution in [0.4, 0.5) is 22.0 Å². The number of hydrogen-bond acceptors (Lipinski definition) is 3. The third kappa shape index (κ3) is 13.0. The molecule has 0 aliphatic rings. The molecule has 0 bridgehead atoms. The summed E-state index contributed by atoms with van der Waals surface area (Å²) in [5, 5.41) is 7.12. The highest BCUT2D eigenvalue weighted by molar-refractivity contribution is 5.73. The second kappa shape index (κ2) is 7.35. The Bertz CT molecular complexity index is 184. The van der Waals surface area contributed by atoms with E-state index in [0.29, 0.717) is 0 Å². The van der Waals surface area contributed by atoms with Gasteiger partial charge in [-0.1, -0.05) is 0 Å². The molecule has 0 aliphatic heterocycles. The highest BCUT2D eigenvalue weighted by Gasteiger charge is 2.38. The molecule has 0 amide bonds. The molecule has 0 radical (unpaired) electrons. The molecule has 0 aliphatic carbocycles. The quantitative estimate of drug-likeness (QED) is 0.726. The first-order valence-electron chi connectivity index (χ1n) is 3.55. The van der Waals surface area contributed by atoms with Gasteiger partial charge in [-0.15, -0.1) is 0 Å². The molecule has 0 fully saturated rings. The molecule has 9 heteroatoms. The van der Waals surface area contributed by atoms with Crippen LogP contribution in [0.15, 0.2) is 0 Å². The van der Waals surface area contributed by atoms with E-state index < -0.39 is 24.9 Å². The predicted molar refractivity (Wildman–Crippen MR) is 39.3 cm³/mol. The summed E-state index contributed by atoms with van der Waals surface area (Å²) < 4.78 is 58.1. The normalized spacial score (nSPS) is 13.1. The lowest BCUT2D eigenvalue weighted by Gasteiger charge is -2.07. The monoisotopic (exact) mass is 239 g/mol. The van der Waals surface area contributed by atoms with Crippen LogP contribution < -0.4 is 5.73 Å². The van der Waals surface area contributed by atoms with Crippen molar-refractivity contribution in [1.82, 2.24) is 0 Å². The van der Waals surface area contributed by atoms with Gasteiger partial charge in [-0.25, -0.2) is 4.79 Å². The molecule has 0 spiro atoms. The Balaban J connectivity index is 0. The molecular formula is C6H10F5NO3. The molecule has 92 valence electrons. The van der Waals surface area contributed by atoms with Crippen molar-refractivity contribution in [2.45, 2.75) is 25.8 Å². The Morgan fingerprint density at radius 1 is 1.47 bits per heavy atom. The van der Waals surface area contributed by atoms with Crippen LogP contribution in [0.3, 0.4) is 0 Å². The molecule has 0 saturated carbocycles. The molecule has 0 rings (SSSR count). The van der Waals surface area contributed by atoms with Crippen molar-refractivity contribution in [3.05, 3.63) is 0 Å². The van der Waals surface area contributed by atoms with Crippen molar-refractivity contribution in [3.63, 3.8) is 0 Å². The molecule has 0 aromatic heterocycles. The molecule has 4 nitrogen and oxygen atoms in total. The molecule has 0 aromatic rings. The molecular weight excluding hydrogens is 229 g/mol. The van der Waals surface area contributed by atoms with Gasteiger partial charge in [-0.2, -0.15) is 22.0 Å². The number of carboxylic acid groups (broad SMARTS) is 1. The molecule has 3 N–H and O–H groups in total. The van der Waals surface area contributed by atoms with E-state index >= 15 is 0 Å². The Kier molecular flexibility index (Phi) is 8.07. The van der Waals surface area contributed by atoms with Crippen LogP contribution in [0.2, 0.25) is 0 Å². The lowest BCUT2D eigenvalue weighted by molar-refractivity contribution is -0.192. The van der Waals surface area contributed by atoms with Gasteiger partial charge in [-0.3, -0.25) is 0 Å². The second-order valence-electron chi connectivity index (χ2n) is 2.25. The van der Waals surface area contributed by atoms with Gasteiger partial charge in [0.2, 0.25) is 0 Å². The molecule has 0 saturated heterocycles. The molecule has 1 atom stereocenters. The summed E-state index contributed by atoms with van der Waals surface area (Å²) in [4.78, 5) is 8.90. The Hall–Kier alpha value is -0.960. The van der Waals surface area contributed by atoms with Crippen molar-refractivity contribution < 1.29 is 36.6 Å². The fourth-order valence-electron chi connectivity index (χ4n) is 0.231. The lowest BCUT2D eigenvalue weighted by Crippen LogP contribution is -2.22. The highest BCUT2D eigenvalue weighted by atomic mass is 19.4. The van der Waals surface area contributed by atoms with E-state index in [9.17, 15) is 22.0 Å².